The third kappa shape index (κ3) is 3.15. The summed E-state index contributed by atoms with van der Waals surface area (Å²) in [4.78, 5) is 1.11. The van der Waals surface area contributed by atoms with Gasteiger partial charge in [0.15, 0.2) is 0 Å². The standard InChI is InChI=1S/C16H21N3OS/c1-2-5-14-16(21-19-18-14)13(17)10-15-12-7-4-3-6-11(12)8-9-20-15/h3-4,6-7,13,15H,2,5,8-10,17H2,1H3. The molecule has 0 fully saturated rings. The van der Waals surface area contributed by atoms with Crippen LogP contribution in [-0.4, -0.2) is 16.2 Å². The van der Waals surface area contributed by atoms with E-state index in [0.29, 0.717) is 0 Å². The number of ether oxygens (including phenoxy) is 1. The van der Waals surface area contributed by atoms with Gasteiger partial charge in [-0.2, -0.15) is 0 Å². The minimum atomic E-state index is -0.0530. The first-order valence-electron chi connectivity index (χ1n) is 7.55. The molecular weight excluding hydrogens is 282 g/mol. The molecule has 112 valence electrons. The highest BCUT2D eigenvalue weighted by Crippen LogP contribution is 2.34. The van der Waals surface area contributed by atoms with E-state index in [1.165, 1.54) is 22.7 Å². The van der Waals surface area contributed by atoms with Crippen LogP contribution in [0.25, 0.3) is 0 Å². The monoisotopic (exact) mass is 303 g/mol. The van der Waals surface area contributed by atoms with E-state index in [-0.39, 0.29) is 12.1 Å². The van der Waals surface area contributed by atoms with Crippen molar-refractivity contribution in [2.45, 2.75) is 44.8 Å². The highest BCUT2D eigenvalue weighted by Gasteiger charge is 2.25. The Morgan fingerprint density at radius 2 is 2.29 bits per heavy atom. The molecule has 2 aromatic rings. The maximum absolute atomic E-state index is 6.41. The second kappa shape index (κ2) is 6.64. The van der Waals surface area contributed by atoms with E-state index < -0.39 is 0 Å². The lowest BCUT2D eigenvalue weighted by atomic mass is 9.93. The van der Waals surface area contributed by atoms with Gasteiger partial charge in [-0.15, -0.1) is 5.10 Å². The second-order valence-electron chi connectivity index (χ2n) is 5.48. The highest BCUT2D eigenvalue weighted by molar-refractivity contribution is 7.05. The predicted molar refractivity (Wildman–Crippen MR) is 84.3 cm³/mol. The number of benzene rings is 1. The van der Waals surface area contributed by atoms with Crippen LogP contribution in [0.5, 0.6) is 0 Å². The van der Waals surface area contributed by atoms with E-state index in [9.17, 15) is 0 Å². The van der Waals surface area contributed by atoms with E-state index in [2.05, 4.69) is 40.8 Å². The fraction of sp³-hybridized carbons (Fsp3) is 0.500. The average Bonchev–Trinajstić information content (AvgIpc) is 2.96. The average molecular weight is 303 g/mol. The number of nitrogens with two attached hydrogens (primary N) is 1. The SMILES string of the molecule is CCCc1nnsc1C(N)CC1OCCc2ccccc21. The third-order valence-corrected chi connectivity index (χ3v) is 4.87. The Kier molecular flexibility index (Phi) is 4.63. The number of nitrogens with zero attached hydrogens (tertiary/aromatic N) is 2. The van der Waals surface area contributed by atoms with Crippen LogP contribution < -0.4 is 5.73 Å². The van der Waals surface area contributed by atoms with Gasteiger partial charge >= 0.3 is 0 Å². The largest absolute Gasteiger partial charge is 0.373 e. The molecule has 0 bridgehead atoms. The van der Waals surface area contributed by atoms with Crippen molar-refractivity contribution < 1.29 is 4.74 Å². The van der Waals surface area contributed by atoms with E-state index in [1.54, 1.807) is 0 Å². The van der Waals surface area contributed by atoms with Crippen LogP contribution in [0.4, 0.5) is 0 Å². The summed E-state index contributed by atoms with van der Waals surface area (Å²) in [5.74, 6) is 0. The fourth-order valence-electron chi connectivity index (χ4n) is 2.92. The molecule has 1 aliphatic heterocycles. The normalized spacial score (nSPS) is 19.2. The maximum atomic E-state index is 6.41. The van der Waals surface area contributed by atoms with Gasteiger partial charge in [-0.1, -0.05) is 42.1 Å². The summed E-state index contributed by atoms with van der Waals surface area (Å²) >= 11 is 1.43. The quantitative estimate of drug-likeness (QED) is 0.921. The molecule has 0 aliphatic carbocycles. The van der Waals surface area contributed by atoms with Crippen molar-refractivity contribution in [3.63, 3.8) is 0 Å². The molecule has 0 saturated carbocycles. The van der Waals surface area contributed by atoms with Crippen molar-refractivity contribution in [1.29, 1.82) is 0 Å². The number of fused-ring (bicyclic) bond motifs is 1. The molecule has 0 radical (unpaired) electrons. The Morgan fingerprint density at radius 3 is 3.14 bits per heavy atom. The van der Waals surface area contributed by atoms with Gasteiger partial charge in [-0.3, -0.25) is 0 Å². The van der Waals surface area contributed by atoms with Gasteiger partial charge in [-0.25, -0.2) is 0 Å². The van der Waals surface area contributed by atoms with Crippen LogP contribution in [0.15, 0.2) is 24.3 Å². The predicted octanol–water partition coefficient (Wildman–Crippen LogP) is 3.19. The van der Waals surface area contributed by atoms with Gasteiger partial charge in [0.2, 0.25) is 0 Å². The topological polar surface area (TPSA) is 61.0 Å². The fourth-order valence-corrected chi connectivity index (χ4v) is 3.62. The summed E-state index contributed by atoms with van der Waals surface area (Å²) in [6, 6.07) is 8.45. The summed E-state index contributed by atoms with van der Waals surface area (Å²) in [5.41, 5.74) is 10.1. The molecule has 5 heteroatoms. The Balaban J connectivity index is 1.76. The number of aryl methyl sites for hydroxylation is 1. The minimum absolute atomic E-state index is 0.0530. The van der Waals surface area contributed by atoms with Crippen LogP contribution in [0.3, 0.4) is 0 Å². The number of aromatic nitrogens is 2. The van der Waals surface area contributed by atoms with Crippen molar-refractivity contribution in [1.82, 2.24) is 9.59 Å². The van der Waals surface area contributed by atoms with Gasteiger partial charge in [0.05, 0.1) is 23.3 Å². The van der Waals surface area contributed by atoms with Gasteiger partial charge in [0.25, 0.3) is 0 Å². The molecule has 1 aromatic heterocycles. The molecule has 3 rings (SSSR count). The van der Waals surface area contributed by atoms with Gasteiger partial charge < -0.3 is 10.5 Å². The van der Waals surface area contributed by atoms with Crippen LogP contribution >= 0.6 is 11.5 Å². The smallest absolute Gasteiger partial charge is 0.0846 e. The number of rotatable bonds is 5. The zero-order valence-electron chi connectivity index (χ0n) is 12.3. The lowest BCUT2D eigenvalue weighted by Gasteiger charge is -2.27. The summed E-state index contributed by atoms with van der Waals surface area (Å²) < 4.78 is 10.0. The number of hydrogen-bond donors (Lipinski definition) is 1. The van der Waals surface area contributed by atoms with Crippen LogP contribution in [0.1, 0.15) is 53.6 Å². The molecular formula is C16H21N3OS. The second-order valence-corrected chi connectivity index (χ2v) is 6.27. The molecule has 21 heavy (non-hydrogen) atoms. The third-order valence-electron chi connectivity index (χ3n) is 3.97. The lowest BCUT2D eigenvalue weighted by Crippen LogP contribution is -2.21. The maximum Gasteiger partial charge on any atom is 0.0846 e. The van der Waals surface area contributed by atoms with Crippen molar-refractivity contribution in [2.75, 3.05) is 6.61 Å². The van der Waals surface area contributed by atoms with E-state index in [0.717, 1.165) is 42.9 Å². The molecule has 2 unspecified atom stereocenters. The molecule has 1 aromatic carbocycles. The van der Waals surface area contributed by atoms with Crippen molar-refractivity contribution >= 4 is 11.5 Å². The summed E-state index contributed by atoms with van der Waals surface area (Å²) in [5, 5.41) is 4.21. The Bertz CT molecular complexity index is 599. The highest BCUT2D eigenvalue weighted by atomic mass is 32.1. The van der Waals surface area contributed by atoms with E-state index >= 15 is 0 Å². The molecule has 0 saturated heterocycles. The summed E-state index contributed by atoms with van der Waals surface area (Å²) in [7, 11) is 0. The first-order valence-corrected chi connectivity index (χ1v) is 8.33. The van der Waals surface area contributed by atoms with Gasteiger partial charge in [0, 0.05) is 6.04 Å². The van der Waals surface area contributed by atoms with Gasteiger partial charge in [-0.05, 0) is 41.9 Å². The first-order chi connectivity index (χ1) is 10.3. The van der Waals surface area contributed by atoms with E-state index in [1.807, 2.05) is 0 Å². The number of hydrogen-bond acceptors (Lipinski definition) is 5. The molecule has 0 spiro atoms. The molecule has 0 amide bonds. The molecule has 2 heterocycles. The Labute approximate surface area is 129 Å². The van der Waals surface area contributed by atoms with Crippen molar-refractivity contribution in [3.8, 4) is 0 Å². The van der Waals surface area contributed by atoms with Gasteiger partial charge in [0.1, 0.15) is 0 Å². The molecule has 4 nitrogen and oxygen atoms in total. The van der Waals surface area contributed by atoms with Crippen LogP contribution in [0, 0.1) is 0 Å². The molecule has 1 aliphatic rings. The summed E-state index contributed by atoms with van der Waals surface area (Å²) in [6.07, 6.45) is 3.87. The van der Waals surface area contributed by atoms with Crippen LogP contribution in [0.2, 0.25) is 0 Å². The molecule has 2 N–H and O–H groups in total. The Morgan fingerprint density at radius 1 is 1.43 bits per heavy atom. The first kappa shape index (κ1) is 14.6. The zero-order valence-corrected chi connectivity index (χ0v) is 13.1. The van der Waals surface area contributed by atoms with E-state index in [4.69, 9.17) is 10.5 Å². The zero-order chi connectivity index (χ0) is 14.7. The van der Waals surface area contributed by atoms with Crippen molar-refractivity contribution in [2.24, 2.45) is 5.73 Å². The van der Waals surface area contributed by atoms with Crippen molar-refractivity contribution in [3.05, 3.63) is 46.0 Å². The Hall–Kier alpha value is -1.30. The lowest BCUT2D eigenvalue weighted by molar-refractivity contribution is 0.0321. The summed E-state index contributed by atoms with van der Waals surface area (Å²) in [6.45, 7) is 2.92. The van der Waals surface area contributed by atoms with Crippen LogP contribution in [-0.2, 0) is 17.6 Å². The molecule has 2 atom stereocenters. The minimum Gasteiger partial charge on any atom is -0.373 e.